The largest absolute Gasteiger partial charge is 0.466 e. The normalized spacial score (nSPS) is 12.3. The van der Waals surface area contributed by atoms with Crippen LogP contribution in [0.4, 0.5) is 0 Å². The third kappa shape index (κ3) is 4.25. The summed E-state index contributed by atoms with van der Waals surface area (Å²) >= 11 is 1.55. The maximum atomic E-state index is 11.2. The summed E-state index contributed by atoms with van der Waals surface area (Å²) in [5, 5.41) is 12.2. The molecule has 0 spiro atoms. The standard InChI is InChI=1S/C16H18O3S/c1-2-19-16(18)10-14(17)11-20-15-8-7-12-5-3-4-6-13(12)9-15/h3-9,14,17H,2,10-11H2,1H3. The molecule has 0 heterocycles. The molecule has 0 saturated heterocycles. The molecule has 0 aliphatic heterocycles. The number of benzene rings is 2. The van der Waals surface area contributed by atoms with Crippen LogP contribution in [0, 0.1) is 0 Å². The van der Waals surface area contributed by atoms with Gasteiger partial charge in [0.15, 0.2) is 0 Å². The second kappa shape index (κ2) is 7.31. The SMILES string of the molecule is CCOC(=O)CC(O)CSc1ccc2ccccc2c1. The molecule has 20 heavy (non-hydrogen) atoms. The van der Waals surface area contributed by atoms with E-state index in [0.29, 0.717) is 12.4 Å². The Morgan fingerprint density at radius 3 is 2.75 bits per heavy atom. The highest BCUT2D eigenvalue weighted by Crippen LogP contribution is 2.24. The molecular formula is C16H18O3S. The van der Waals surface area contributed by atoms with Gasteiger partial charge >= 0.3 is 5.97 Å². The highest BCUT2D eigenvalue weighted by molar-refractivity contribution is 7.99. The summed E-state index contributed by atoms with van der Waals surface area (Å²) in [6.07, 6.45) is -0.625. The molecular weight excluding hydrogens is 272 g/mol. The van der Waals surface area contributed by atoms with Gasteiger partial charge in [-0.2, -0.15) is 0 Å². The van der Waals surface area contributed by atoms with Crippen LogP contribution in [0.5, 0.6) is 0 Å². The molecule has 0 amide bonds. The Labute approximate surface area is 122 Å². The molecule has 1 N–H and O–H groups in total. The lowest BCUT2D eigenvalue weighted by Gasteiger charge is -2.10. The van der Waals surface area contributed by atoms with Gasteiger partial charge in [0.2, 0.25) is 0 Å². The minimum absolute atomic E-state index is 0.0500. The molecule has 2 aromatic rings. The Balaban J connectivity index is 1.90. The molecule has 3 nitrogen and oxygen atoms in total. The molecule has 0 saturated carbocycles. The molecule has 4 heteroatoms. The molecule has 0 fully saturated rings. The summed E-state index contributed by atoms with van der Waals surface area (Å²) in [6.45, 7) is 2.11. The quantitative estimate of drug-likeness (QED) is 0.655. The monoisotopic (exact) mass is 290 g/mol. The van der Waals surface area contributed by atoms with Crippen molar-refractivity contribution in [2.24, 2.45) is 0 Å². The van der Waals surface area contributed by atoms with E-state index in [2.05, 4.69) is 24.3 Å². The summed E-state index contributed by atoms with van der Waals surface area (Å²) in [7, 11) is 0. The average molecular weight is 290 g/mol. The fraction of sp³-hybridized carbons (Fsp3) is 0.312. The number of aliphatic hydroxyl groups excluding tert-OH is 1. The first-order valence-corrected chi connectivity index (χ1v) is 7.63. The number of carbonyl (C=O) groups excluding carboxylic acids is 1. The molecule has 0 aliphatic carbocycles. The van der Waals surface area contributed by atoms with E-state index >= 15 is 0 Å². The van der Waals surface area contributed by atoms with Crippen molar-refractivity contribution in [3.63, 3.8) is 0 Å². The van der Waals surface area contributed by atoms with E-state index in [4.69, 9.17) is 4.74 Å². The molecule has 0 radical (unpaired) electrons. The molecule has 2 aromatic carbocycles. The topological polar surface area (TPSA) is 46.5 Å². The third-order valence-corrected chi connectivity index (χ3v) is 4.01. The zero-order valence-corrected chi connectivity index (χ0v) is 12.2. The number of esters is 1. The number of hydrogen-bond acceptors (Lipinski definition) is 4. The number of carbonyl (C=O) groups is 1. The van der Waals surface area contributed by atoms with Crippen molar-refractivity contribution < 1.29 is 14.6 Å². The van der Waals surface area contributed by atoms with Gasteiger partial charge < -0.3 is 9.84 Å². The van der Waals surface area contributed by atoms with Crippen LogP contribution in [0.25, 0.3) is 10.8 Å². The second-order valence-electron chi connectivity index (χ2n) is 4.48. The number of fused-ring (bicyclic) bond motifs is 1. The predicted octanol–water partition coefficient (Wildman–Crippen LogP) is 3.25. The van der Waals surface area contributed by atoms with Gasteiger partial charge in [-0.3, -0.25) is 4.79 Å². The molecule has 2 rings (SSSR count). The van der Waals surface area contributed by atoms with Crippen molar-refractivity contribution in [3.8, 4) is 0 Å². The van der Waals surface area contributed by atoms with Crippen LogP contribution in [0.3, 0.4) is 0 Å². The van der Waals surface area contributed by atoms with Crippen LogP contribution in [0.2, 0.25) is 0 Å². The molecule has 1 atom stereocenters. The highest BCUT2D eigenvalue weighted by atomic mass is 32.2. The summed E-state index contributed by atoms with van der Waals surface area (Å²) in [6, 6.07) is 14.3. The number of hydrogen-bond donors (Lipinski definition) is 1. The van der Waals surface area contributed by atoms with Gasteiger partial charge in [-0.15, -0.1) is 11.8 Å². The Morgan fingerprint density at radius 2 is 2.00 bits per heavy atom. The molecule has 106 valence electrons. The fourth-order valence-corrected chi connectivity index (χ4v) is 2.80. The van der Waals surface area contributed by atoms with E-state index in [0.717, 1.165) is 4.90 Å². The second-order valence-corrected chi connectivity index (χ2v) is 5.58. The first-order valence-electron chi connectivity index (χ1n) is 6.64. The Bertz CT molecular complexity index is 583. The van der Waals surface area contributed by atoms with Crippen LogP contribution in [-0.2, 0) is 9.53 Å². The van der Waals surface area contributed by atoms with E-state index in [1.165, 1.54) is 10.8 Å². The number of aliphatic hydroxyl groups is 1. The average Bonchev–Trinajstić information content (AvgIpc) is 2.45. The van der Waals surface area contributed by atoms with Gasteiger partial charge in [0.05, 0.1) is 19.1 Å². The molecule has 0 bridgehead atoms. The van der Waals surface area contributed by atoms with Crippen LogP contribution in [0.1, 0.15) is 13.3 Å². The maximum absolute atomic E-state index is 11.2. The number of ether oxygens (including phenoxy) is 1. The minimum Gasteiger partial charge on any atom is -0.466 e. The smallest absolute Gasteiger partial charge is 0.308 e. The molecule has 0 aliphatic rings. The zero-order chi connectivity index (χ0) is 14.4. The maximum Gasteiger partial charge on any atom is 0.308 e. The van der Waals surface area contributed by atoms with E-state index in [1.807, 2.05) is 18.2 Å². The van der Waals surface area contributed by atoms with Crippen LogP contribution >= 0.6 is 11.8 Å². The Morgan fingerprint density at radius 1 is 1.25 bits per heavy atom. The lowest BCUT2D eigenvalue weighted by molar-refractivity contribution is -0.144. The van der Waals surface area contributed by atoms with Gasteiger partial charge in [-0.05, 0) is 29.8 Å². The summed E-state index contributed by atoms with van der Waals surface area (Å²) in [4.78, 5) is 12.3. The Hall–Kier alpha value is -1.52. The van der Waals surface area contributed by atoms with E-state index < -0.39 is 6.10 Å². The highest BCUT2D eigenvalue weighted by Gasteiger charge is 2.12. The lowest BCUT2D eigenvalue weighted by Crippen LogP contribution is -2.17. The van der Waals surface area contributed by atoms with Crippen molar-refractivity contribution in [2.45, 2.75) is 24.3 Å². The van der Waals surface area contributed by atoms with E-state index in [1.54, 1.807) is 18.7 Å². The summed E-state index contributed by atoms with van der Waals surface area (Å²) in [5.41, 5.74) is 0. The van der Waals surface area contributed by atoms with Crippen molar-refractivity contribution >= 4 is 28.5 Å². The van der Waals surface area contributed by atoms with Gasteiger partial charge in [0.1, 0.15) is 0 Å². The Kier molecular flexibility index (Phi) is 5.44. The van der Waals surface area contributed by atoms with Crippen molar-refractivity contribution in [1.29, 1.82) is 0 Å². The fourth-order valence-electron chi connectivity index (χ4n) is 1.92. The predicted molar refractivity (Wildman–Crippen MR) is 81.9 cm³/mol. The van der Waals surface area contributed by atoms with Gasteiger partial charge in [-0.1, -0.05) is 30.3 Å². The first kappa shape index (κ1) is 14.9. The van der Waals surface area contributed by atoms with Crippen LogP contribution in [0.15, 0.2) is 47.4 Å². The first-order chi connectivity index (χ1) is 9.69. The van der Waals surface area contributed by atoms with Crippen molar-refractivity contribution in [1.82, 2.24) is 0 Å². The van der Waals surface area contributed by atoms with E-state index in [9.17, 15) is 9.90 Å². The molecule has 1 unspecified atom stereocenters. The zero-order valence-electron chi connectivity index (χ0n) is 11.4. The molecule has 0 aromatic heterocycles. The number of rotatable bonds is 6. The van der Waals surface area contributed by atoms with Crippen molar-refractivity contribution in [3.05, 3.63) is 42.5 Å². The number of thioether (sulfide) groups is 1. The van der Waals surface area contributed by atoms with Gasteiger partial charge in [0, 0.05) is 10.6 Å². The van der Waals surface area contributed by atoms with Gasteiger partial charge in [0.25, 0.3) is 0 Å². The van der Waals surface area contributed by atoms with Crippen LogP contribution in [-0.4, -0.2) is 29.5 Å². The van der Waals surface area contributed by atoms with Crippen LogP contribution < -0.4 is 0 Å². The lowest BCUT2D eigenvalue weighted by atomic mass is 10.1. The summed E-state index contributed by atoms with van der Waals surface area (Å²) in [5.74, 6) is 0.135. The third-order valence-electron chi connectivity index (χ3n) is 2.87. The van der Waals surface area contributed by atoms with E-state index in [-0.39, 0.29) is 12.4 Å². The summed E-state index contributed by atoms with van der Waals surface area (Å²) < 4.78 is 4.81. The minimum atomic E-state index is -0.675. The van der Waals surface area contributed by atoms with Crippen molar-refractivity contribution in [2.75, 3.05) is 12.4 Å². The van der Waals surface area contributed by atoms with Gasteiger partial charge in [-0.25, -0.2) is 0 Å².